The number of rotatable bonds is 2. The fourth-order valence-corrected chi connectivity index (χ4v) is 4.66. The molecule has 0 aromatic heterocycles. The van der Waals surface area contributed by atoms with Gasteiger partial charge < -0.3 is 14.8 Å². The number of carbonyl (C=O) groups excluding carboxylic acids is 1. The number of piperidine rings is 1. The predicted molar refractivity (Wildman–Crippen MR) is 98.1 cm³/mol. The van der Waals surface area contributed by atoms with Crippen molar-refractivity contribution in [2.45, 2.75) is 43.9 Å². The van der Waals surface area contributed by atoms with Crippen LogP contribution in [-0.4, -0.2) is 25.2 Å². The van der Waals surface area contributed by atoms with E-state index in [4.69, 9.17) is 10.9 Å². The van der Waals surface area contributed by atoms with Gasteiger partial charge in [-0.05, 0) is 61.1 Å². The van der Waals surface area contributed by atoms with Gasteiger partial charge in [-0.1, -0.05) is 30.3 Å². The van der Waals surface area contributed by atoms with Crippen LogP contribution in [0.15, 0.2) is 42.5 Å². The maximum absolute atomic E-state index is 11.9. The van der Waals surface area contributed by atoms with Crippen molar-refractivity contribution in [3.05, 3.63) is 70.3 Å². The molecule has 0 bridgehead atoms. The van der Waals surface area contributed by atoms with Gasteiger partial charge in [0.2, 0.25) is 0 Å². The highest BCUT2D eigenvalue weighted by molar-refractivity contribution is 5.93. The van der Waals surface area contributed by atoms with Crippen molar-refractivity contribution in [2.24, 2.45) is 0 Å². The SMILES string of the molecule is [2H]N1CCC2(CC1Cc1ccccc1)OCCc1cc3c(cc12)COC3=O. The normalized spacial score (nSPS) is 28.4. The van der Waals surface area contributed by atoms with Crippen molar-refractivity contribution in [1.29, 1.82) is 0 Å². The quantitative estimate of drug-likeness (QED) is 0.846. The largest absolute Gasteiger partial charge is 0.457 e. The number of hydrogen-bond acceptors (Lipinski definition) is 4. The molecule has 2 aromatic carbocycles. The molecule has 2 unspecified atom stereocenters. The highest BCUT2D eigenvalue weighted by atomic mass is 16.5. The summed E-state index contributed by atoms with van der Waals surface area (Å²) < 4.78 is 20.0. The fourth-order valence-electron chi connectivity index (χ4n) is 4.66. The minimum atomic E-state index is -0.356. The second-order valence-corrected chi connectivity index (χ2v) is 7.54. The molecule has 3 heterocycles. The summed E-state index contributed by atoms with van der Waals surface area (Å²) in [5.41, 5.74) is 4.99. The van der Waals surface area contributed by atoms with E-state index in [9.17, 15) is 4.79 Å². The second-order valence-electron chi connectivity index (χ2n) is 7.54. The zero-order chi connectivity index (χ0) is 18.4. The molecule has 2 aromatic rings. The smallest absolute Gasteiger partial charge is 0.338 e. The Morgan fingerprint density at radius 1 is 1.23 bits per heavy atom. The third-order valence-electron chi connectivity index (χ3n) is 5.93. The molecule has 4 nitrogen and oxygen atoms in total. The summed E-state index contributed by atoms with van der Waals surface area (Å²) in [6.07, 6.45) is 3.28. The standard InChI is InChI=1S/C22H23NO3/c24-21-19-11-16-6-9-26-22(20(16)12-17(19)14-25-21)7-8-23-18(13-22)10-15-4-2-1-3-5-15/h1-5,11-12,18,23H,6-10,13-14H2/i/hD. The summed E-state index contributed by atoms with van der Waals surface area (Å²) >= 11 is 0. The summed E-state index contributed by atoms with van der Waals surface area (Å²) in [6, 6.07) is 14.6. The molecule has 134 valence electrons. The Morgan fingerprint density at radius 2 is 2.12 bits per heavy atom. The summed E-state index contributed by atoms with van der Waals surface area (Å²) in [7, 11) is 0. The van der Waals surface area contributed by atoms with Gasteiger partial charge in [-0.25, -0.2) is 4.79 Å². The van der Waals surface area contributed by atoms with Crippen LogP contribution in [0.5, 0.6) is 0 Å². The van der Waals surface area contributed by atoms with Gasteiger partial charge in [0.15, 0.2) is 0 Å². The maximum Gasteiger partial charge on any atom is 0.338 e. The zero-order valence-corrected chi connectivity index (χ0v) is 14.7. The first-order valence-electron chi connectivity index (χ1n) is 9.86. The van der Waals surface area contributed by atoms with Gasteiger partial charge in [-0.15, -0.1) is 0 Å². The minimum absolute atomic E-state index is 0.109. The van der Waals surface area contributed by atoms with Gasteiger partial charge in [-0.2, -0.15) is 0 Å². The summed E-state index contributed by atoms with van der Waals surface area (Å²) in [5, 5.41) is 1.72. The molecule has 1 N–H and O–H groups in total. The van der Waals surface area contributed by atoms with Crippen molar-refractivity contribution in [3.63, 3.8) is 0 Å². The molecule has 5 rings (SSSR count). The topological polar surface area (TPSA) is 47.6 Å². The molecule has 0 radical (unpaired) electrons. The van der Waals surface area contributed by atoms with Gasteiger partial charge in [0.25, 0.3) is 0 Å². The average Bonchev–Trinajstić information content (AvgIpc) is 3.05. The molecule has 2 atom stereocenters. The number of fused-ring (bicyclic) bond motifs is 3. The summed E-state index contributed by atoms with van der Waals surface area (Å²) in [6.45, 7) is 1.70. The third kappa shape index (κ3) is 2.65. The van der Waals surface area contributed by atoms with Crippen LogP contribution in [0.1, 0.15) is 45.5 Å². The molecule has 1 saturated heterocycles. The van der Waals surface area contributed by atoms with Crippen molar-refractivity contribution in [2.75, 3.05) is 13.2 Å². The third-order valence-corrected chi connectivity index (χ3v) is 5.93. The Hall–Kier alpha value is -2.17. The number of nitrogens with one attached hydrogen (secondary N) is 1. The number of cyclic esters (lactones) is 1. The lowest BCUT2D eigenvalue weighted by atomic mass is 9.75. The lowest BCUT2D eigenvalue weighted by Crippen LogP contribution is -2.50. The molecule has 0 amide bonds. The number of ether oxygens (including phenoxy) is 2. The van der Waals surface area contributed by atoms with E-state index in [2.05, 4.69) is 30.3 Å². The van der Waals surface area contributed by atoms with E-state index < -0.39 is 0 Å². The van der Waals surface area contributed by atoms with Gasteiger partial charge in [0.05, 0.1) is 17.8 Å². The molecule has 0 aliphatic carbocycles. The van der Waals surface area contributed by atoms with Crippen molar-refractivity contribution >= 4 is 5.97 Å². The molecule has 3 aliphatic rings. The zero-order valence-electron chi connectivity index (χ0n) is 15.7. The summed E-state index contributed by atoms with van der Waals surface area (Å²) in [4.78, 5) is 11.9. The fraction of sp³-hybridized carbons (Fsp3) is 0.409. The van der Waals surface area contributed by atoms with E-state index in [1.54, 1.807) is 5.31 Å². The number of esters is 1. The van der Waals surface area contributed by atoms with Crippen LogP contribution in [0.4, 0.5) is 0 Å². The van der Waals surface area contributed by atoms with E-state index in [0.717, 1.165) is 31.2 Å². The number of hydrogen-bond donors (Lipinski definition) is 1. The first-order valence-corrected chi connectivity index (χ1v) is 9.41. The minimum Gasteiger partial charge on any atom is -0.457 e. The van der Waals surface area contributed by atoms with Crippen molar-refractivity contribution in [1.82, 2.24) is 5.31 Å². The Morgan fingerprint density at radius 3 is 3.00 bits per heavy atom. The van der Waals surface area contributed by atoms with Crippen LogP contribution < -0.4 is 5.31 Å². The number of benzene rings is 2. The average molecular weight is 350 g/mol. The molecule has 26 heavy (non-hydrogen) atoms. The van der Waals surface area contributed by atoms with Gasteiger partial charge >= 0.3 is 5.97 Å². The molecule has 3 aliphatic heterocycles. The lowest BCUT2D eigenvalue weighted by molar-refractivity contribution is -0.0893. The van der Waals surface area contributed by atoms with Gasteiger partial charge in [0.1, 0.15) is 8.02 Å². The van der Waals surface area contributed by atoms with E-state index in [1.807, 2.05) is 12.1 Å². The monoisotopic (exact) mass is 350 g/mol. The van der Waals surface area contributed by atoms with Crippen LogP contribution >= 0.6 is 0 Å². The molecular formula is C22H23NO3. The van der Waals surface area contributed by atoms with E-state index >= 15 is 0 Å². The van der Waals surface area contributed by atoms with Crippen LogP contribution in [0.3, 0.4) is 0 Å². The van der Waals surface area contributed by atoms with E-state index in [-0.39, 0.29) is 17.6 Å². The van der Waals surface area contributed by atoms with E-state index in [0.29, 0.717) is 25.3 Å². The first kappa shape index (κ1) is 14.9. The Labute approximate surface area is 155 Å². The molecular weight excluding hydrogens is 326 g/mol. The lowest BCUT2D eigenvalue weighted by Gasteiger charge is -2.45. The first-order chi connectivity index (χ1) is 13.1. The van der Waals surface area contributed by atoms with Crippen LogP contribution in [0, 0.1) is 0 Å². The highest BCUT2D eigenvalue weighted by Gasteiger charge is 2.43. The van der Waals surface area contributed by atoms with Crippen LogP contribution in [-0.2, 0) is 34.5 Å². The van der Waals surface area contributed by atoms with Crippen molar-refractivity contribution in [3.8, 4) is 0 Å². The maximum atomic E-state index is 11.9. The molecule has 1 spiro atoms. The van der Waals surface area contributed by atoms with Crippen LogP contribution in [0.2, 0.25) is 1.41 Å². The van der Waals surface area contributed by atoms with Gasteiger partial charge in [-0.3, -0.25) is 0 Å². The van der Waals surface area contributed by atoms with E-state index in [1.165, 1.54) is 16.7 Å². The molecule has 4 heteroatoms. The molecule has 0 saturated carbocycles. The predicted octanol–water partition coefficient (Wildman–Crippen LogP) is 3.12. The van der Waals surface area contributed by atoms with Crippen LogP contribution in [0.25, 0.3) is 0 Å². The number of carbonyl (C=O) groups is 1. The second kappa shape index (κ2) is 6.22. The Kier molecular flexibility index (Phi) is 3.57. The summed E-state index contributed by atoms with van der Waals surface area (Å²) in [5.74, 6) is -0.212. The Balaban J connectivity index is 1.49. The Bertz CT molecular complexity index is 885. The molecule has 1 fully saturated rings. The van der Waals surface area contributed by atoms with Gasteiger partial charge in [0, 0.05) is 11.6 Å². The highest BCUT2D eigenvalue weighted by Crippen LogP contribution is 2.43. The van der Waals surface area contributed by atoms with Crippen molar-refractivity contribution < 1.29 is 15.7 Å².